The predicted molar refractivity (Wildman–Crippen MR) is 114 cm³/mol. The smallest absolute Gasteiger partial charge is 0.170 e. The molecule has 0 spiro atoms. The number of rotatable bonds is 4. The van der Waals surface area contributed by atoms with E-state index in [2.05, 4.69) is 32.8 Å². The summed E-state index contributed by atoms with van der Waals surface area (Å²) in [4.78, 5) is 6.74. The maximum absolute atomic E-state index is 6.48. The maximum atomic E-state index is 6.48. The van der Waals surface area contributed by atoms with Gasteiger partial charge < -0.3 is 14.8 Å². The van der Waals surface area contributed by atoms with Gasteiger partial charge in [0.15, 0.2) is 5.11 Å². The molecule has 2 atom stereocenters. The summed E-state index contributed by atoms with van der Waals surface area (Å²) < 4.78 is 2.09. The average Bonchev–Trinajstić information content (AvgIpc) is 3.26. The Morgan fingerprint density at radius 1 is 1.15 bits per heavy atom. The molecule has 0 saturated carbocycles. The van der Waals surface area contributed by atoms with Gasteiger partial charge in [-0.05, 0) is 61.6 Å². The molecule has 3 aromatic rings. The Hall–Kier alpha value is -2.08. The Labute approximate surface area is 173 Å². The van der Waals surface area contributed by atoms with E-state index in [4.69, 9.17) is 35.4 Å². The van der Waals surface area contributed by atoms with E-state index in [9.17, 15) is 0 Å². The molecule has 2 aromatic heterocycles. The number of hydrogen-bond donors (Lipinski definition) is 1. The van der Waals surface area contributed by atoms with E-state index in [0.717, 1.165) is 28.7 Å². The van der Waals surface area contributed by atoms with Crippen molar-refractivity contribution >= 4 is 40.5 Å². The fraction of sp³-hybridized carbons (Fsp3) is 0.200. The van der Waals surface area contributed by atoms with Crippen LogP contribution in [0.25, 0.3) is 5.69 Å². The largest absolute Gasteiger partial charge is 0.352 e. The van der Waals surface area contributed by atoms with Crippen LogP contribution in [0, 0.1) is 0 Å². The van der Waals surface area contributed by atoms with Crippen molar-refractivity contribution in [2.45, 2.75) is 19.0 Å². The van der Waals surface area contributed by atoms with Crippen molar-refractivity contribution in [1.82, 2.24) is 19.8 Å². The molecule has 0 unspecified atom stereocenters. The van der Waals surface area contributed by atoms with Crippen LogP contribution in [0.15, 0.2) is 60.9 Å². The van der Waals surface area contributed by atoms with Gasteiger partial charge in [0.25, 0.3) is 0 Å². The van der Waals surface area contributed by atoms with Crippen molar-refractivity contribution in [3.8, 4) is 5.69 Å². The number of halogens is 2. The Morgan fingerprint density at radius 2 is 2.00 bits per heavy atom. The predicted octanol–water partition coefficient (Wildman–Crippen LogP) is 5.17. The number of pyridine rings is 1. The number of hydrogen-bond acceptors (Lipinski definition) is 2. The average molecular weight is 417 g/mol. The van der Waals surface area contributed by atoms with Crippen molar-refractivity contribution in [2.75, 3.05) is 6.54 Å². The van der Waals surface area contributed by atoms with Crippen LogP contribution in [-0.2, 0) is 0 Å². The van der Waals surface area contributed by atoms with Gasteiger partial charge in [0.2, 0.25) is 0 Å². The highest BCUT2D eigenvalue weighted by atomic mass is 35.5. The van der Waals surface area contributed by atoms with Gasteiger partial charge in [0, 0.05) is 29.7 Å². The standard InChI is InChI=1S/C20H18Cl2N4S/c1-2-25-19(18(24-20(25)27)15-6-3-4-10-23-15)17-7-5-11-26(17)16-9-8-13(21)12-14(16)22/h3-12,18-19H,2H2,1H3,(H,24,27)/t18-,19-/m0/s1. The summed E-state index contributed by atoms with van der Waals surface area (Å²) in [5.41, 5.74) is 2.93. The molecular formula is C20H18Cl2N4S. The molecule has 0 aliphatic carbocycles. The van der Waals surface area contributed by atoms with Crippen molar-refractivity contribution < 1.29 is 0 Å². The second-order valence-corrected chi connectivity index (χ2v) is 7.54. The van der Waals surface area contributed by atoms with Gasteiger partial charge in [0.05, 0.1) is 28.5 Å². The fourth-order valence-electron chi connectivity index (χ4n) is 3.60. The Morgan fingerprint density at radius 3 is 2.70 bits per heavy atom. The van der Waals surface area contributed by atoms with Crippen LogP contribution in [0.4, 0.5) is 0 Å². The maximum Gasteiger partial charge on any atom is 0.170 e. The van der Waals surface area contributed by atoms with E-state index in [1.807, 2.05) is 42.6 Å². The topological polar surface area (TPSA) is 33.1 Å². The van der Waals surface area contributed by atoms with E-state index < -0.39 is 0 Å². The molecule has 1 saturated heterocycles. The monoisotopic (exact) mass is 416 g/mol. The normalized spacial score (nSPS) is 19.4. The molecule has 0 amide bonds. The minimum Gasteiger partial charge on any atom is -0.352 e. The quantitative estimate of drug-likeness (QED) is 0.594. The van der Waals surface area contributed by atoms with Crippen molar-refractivity contribution in [2.24, 2.45) is 0 Å². The SMILES string of the molecule is CCN1C(=S)N[C@@H](c2ccccn2)[C@@H]1c1cccn1-c1ccc(Cl)cc1Cl. The molecule has 1 aromatic carbocycles. The van der Waals surface area contributed by atoms with Gasteiger partial charge in [-0.25, -0.2) is 0 Å². The van der Waals surface area contributed by atoms with E-state index in [-0.39, 0.29) is 12.1 Å². The minimum atomic E-state index is -0.0432. The second-order valence-electron chi connectivity index (χ2n) is 6.31. The van der Waals surface area contributed by atoms with Gasteiger partial charge >= 0.3 is 0 Å². The number of likely N-dealkylation sites (N-methyl/N-ethyl adjacent to an activating group) is 1. The molecule has 0 radical (unpaired) electrons. The first kappa shape index (κ1) is 18.3. The van der Waals surface area contributed by atoms with Crippen LogP contribution in [0.5, 0.6) is 0 Å². The Balaban J connectivity index is 1.83. The zero-order chi connectivity index (χ0) is 19.0. The summed E-state index contributed by atoms with van der Waals surface area (Å²) in [7, 11) is 0. The van der Waals surface area contributed by atoms with Crippen LogP contribution in [0.1, 0.15) is 30.4 Å². The molecule has 1 aliphatic rings. The molecular weight excluding hydrogens is 399 g/mol. The van der Waals surface area contributed by atoms with Crippen LogP contribution in [-0.4, -0.2) is 26.1 Å². The van der Waals surface area contributed by atoms with E-state index in [1.54, 1.807) is 12.3 Å². The molecule has 1 N–H and O–H groups in total. The third-order valence-electron chi connectivity index (χ3n) is 4.79. The summed E-state index contributed by atoms with van der Waals surface area (Å²) in [6, 6.07) is 15.5. The summed E-state index contributed by atoms with van der Waals surface area (Å²) in [5, 5.41) is 5.39. The zero-order valence-corrected chi connectivity index (χ0v) is 17.0. The third-order valence-corrected chi connectivity index (χ3v) is 5.68. The lowest BCUT2D eigenvalue weighted by Gasteiger charge is -2.28. The lowest BCUT2D eigenvalue weighted by atomic mass is 10.0. The molecule has 27 heavy (non-hydrogen) atoms. The highest BCUT2D eigenvalue weighted by Crippen LogP contribution is 2.40. The molecule has 3 heterocycles. The Bertz CT molecular complexity index is 973. The number of nitrogens with one attached hydrogen (secondary N) is 1. The number of aromatic nitrogens is 2. The lowest BCUT2D eigenvalue weighted by Crippen LogP contribution is -2.30. The Kier molecular flexibility index (Phi) is 5.08. The van der Waals surface area contributed by atoms with Crippen molar-refractivity contribution in [3.63, 3.8) is 0 Å². The summed E-state index contributed by atoms with van der Waals surface area (Å²) in [6.45, 7) is 2.89. The van der Waals surface area contributed by atoms with Crippen LogP contribution in [0.3, 0.4) is 0 Å². The van der Waals surface area contributed by atoms with E-state index in [1.165, 1.54) is 0 Å². The highest BCUT2D eigenvalue weighted by molar-refractivity contribution is 7.80. The third kappa shape index (κ3) is 3.31. The van der Waals surface area contributed by atoms with Gasteiger partial charge in [-0.1, -0.05) is 29.3 Å². The van der Waals surface area contributed by atoms with E-state index in [0.29, 0.717) is 10.0 Å². The molecule has 1 fully saturated rings. The molecule has 1 aliphatic heterocycles. The van der Waals surface area contributed by atoms with Crippen LogP contribution >= 0.6 is 35.4 Å². The van der Waals surface area contributed by atoms with Gasteiger partial charge in [-0.3, -0.25) is 4.98 Å². The summed E-state index contributed by atoms with van der Waals surface area (Å²) in [6.07, 6.45) is 3.82. The molecule has 0 bridgehead atoms. The van der Waals surface area contributed by atoms with Gasteiger partial charge in [-0.2, -0.15) is 0 Å². The van der Waals surface area contributed by atoms with Crippen LogP contribution in [0.2, 0.25) is 10.0 Å². The molecule has 4 rings (SSSR count). The second kappa shape index (κ2) is 7.50. The molecule has 138 valence electrons. The van der Waals surface area contributed by atoms with Crippen LogP contribution < -0.4 is 5.32 Å². The molecule has 4 nitrogen and oxygen atoms in total. The number of benzene rings is 1. The lowest BCUT2D eigenvalue weighted by molar-refractivity contribution is 0.321. The number of thiocarbonyl (C=S) groups is 1. The zero-order valence-electron chi connectivity index (χ0n) is 14.6. The first-order chi connectivity index (χ1) is 13.1. The van der Waals surface area contributed by atoms with Gasteiger partial charge in [-0.15, -0.1) is 0 Å². The van der Waals surface area contributed by atoms with Crippen molar-refractivity contribution in [1.29, 1.82) is 0 Å². The summed E-state index contributed by atoms with van der Waals surface area (Å²) >= 11 is 18.2. The number of nitrogens with zero attached hydrogens (tertiary/aromatic N) is 3. The van der Waals surface area contributed by atoms with Gasteiger partial charge in [0.1, 0.15) is 0 Å². The highest BCUT2D eigenvalue weighted by Gasteiger charge is 2.40. The fourth-order valence-corrected chi connectivity index (χ4v) is 4.47. The first-order valence-corrected chi connectivity index (χ1v) is 9.87. The summed E-state index contributed by atoms with van der Waals surface area (Å²) in [5.74, 6) is 0. The van der Waals surface area contributed by atoms with Crippen molar-refractivity contribution in [3.05, 3.63) is 82.4 Å². The van der Waals surface area contributed by atoms with E-state index >= 15 is 0 Å². The first-order valence-electron chi connectivity index (χ1n) is 8.71. The minimum absolute atomic E-state index is 0.000792. The molecule has 7 heteroatoms.